The van der Waals surface area contributed by atoms with Gasteiger partial charge in [-0.2, -0.15) is 20.2 Å². The molecule has 0 fully saturated rings. The molecule has 2 aromatic carbocycles. The predicted octanol–water partition coefficient (Wildman–Crippen LogP) is 5.84. The molecule has 0 bridgehead atoms. The van der Waals surface area contributed by atoms with E-state index in [-0.39, 0.29) is 17.2 Å². The summed E-state index contributed by atoms with van der Waals surface area (Å²) in [5.41, 5.74) is 1.61. The molecule has 0 aliphatic rings. The van der Waals surface area contributed by atoms with Crippen LogP contribution in [0.15, 0.2) is 36.4 Å². The van der Waals surface area contributed by atoms with Crippen LogP contribution in [0.5, 0.6) is 0 Å². The average Bonchev–Trinajstić information content (AvgIpc) is 2.58. The maximum absolute atomic E-state index is 8.83. The first-order chi connectivity index (χ1) is 12.4. The maximum atomic E-state index is 8.83. The second kappa shape index (κ2) is 7.94. The number of benzene rings is 2. The molecule has 0 saturated heterocycles. The van der Waals surface area contributed by atoms with Crippen LogP contribution in [0.1, 0.15) is 5.56 Å². The number of aromatic nitrogens is 3. The highest BCUT2D eigenvalue weighted by molar-refractivity contribution is 6.41. The van der Waals surface area contributed by atoms with Crippen LogP contribution < -0.4 is 10.6 Å². The molecule has 6 nitrogen and oxygen atoms in total. The molecular weight excluding hydrogens is 418 g/mol. The highest BCUT2D eigenvalue weighted by atomic mass is 35.5. The summed E-state index contributed by atoms with van der Waals surface area (Å²) in [5, 5.41) is 15.7. The molecule has 3 aromatic rings. The Morgan fingerprint density at radius 2 is 1.38 bits per heavy atom. The van der Waals surface area contributed by atoms with Gasteiger partial charge in [-0.15, -0.1) is 0 Å². The van der Waals surface area contributed by atoms with Gasteiger partial charge >= 0.3 is 0 Å². The predicted molar refractivity (Wildman–Crippen MR) is 104 cm³/mol. The topological polar surface area (TPSA) is 86.5 Å². The molecule has 1 aromatic heterocycles. The minimum absolute atomic E-state index is 0.0279. The Balaban J connectivity index is 1.87. The van der Waals surface area contributed by atoms with Gasteiger partial charge in [-0.05, 0) is 48.0 Å². The summed E-state index contributed by atoms with van der Waals surface area (Å²) in [7, 11) is 0. The van der Waals surface area contributed by atoms with Crippen molar-refractivity contribution in [1.29, 1.82) is 5.26 Å². The zero-order valence-electron chi connectivity index (χ0n) is 12.8. The first-order valence-electron chi connectivity index (χ1n) is 7.05. The molecular formula is C16H8Cl4N6. The van der Waals surface area contributed by atoms with Crippen LogP contribution in [0.3, 0.4) is 0 Å². The summed E-state index contributed by atoms with van der Waals surface area (Å²) in [6, 6.07) is 11.9. The molecule has 0 atom stereocenters. The number of hydrogen-bond donors (Lipinski definition) is 2. The van der Waals surface area contributed by atoms with Crippen LogP contribution in [0.4, 0.5) is 23.3 Å². The van der Waals surface area contributed by atoms with Gasteiger partial charge in [0.25, 0.3) is 0 Å². The Labute approximate surface area is 168 Å². The largest absolute Gasteiger partial charge is 0.324 e. The van der Waals surface area contributed by atoms with E-state index >= 15 is 0 Å². The third-order valence-electron chi connectivity index (χ3n) is 3.12. The fraction of sp³-hybridized carbons (Fsp3) is 0. The molecule has 10 heteroatoms. The van der Waals surface area contributed by atoms with Gasteiger partial charge in [-0.1, -0.05) is 34.8 Å². The molecule has 0 unspecified atom stereocenters. The highest BCUT2D eigenvalue weighted by Crippen LogP contribution is 2.35. The first kappa shape index (κ1) is 18.5. The summed E-state index contributed by atoms with van der Waals surface area (Å²) in [4.78, 5) is 12.2. The van der Waals surface area contributed by atoms with E-state index in [0.29, 0.717) is 32.0 Å². The van der Waals surface area contributed by atoms with Crippen molar-refractivity contribution in [3.8, 4) is 6.07 Å². The molecule has 0 aliphatic heterocycles. The molecule has 2 N–H and O–H groups in total. The van der Waals surface area contributed by atoms with E-state index in [0.717, 1.165) is 0 Å². The van der Waals surface area contributed by atoms with Gasteiger partial charge in [0.05, 0.1) is 27.4 Å². The maximum Gasteiger partial charge on any atom is 0.233 e. The number of rotatable bonds is 4. The Hall–Kier alpha value is -2.30. The smallest absolute Gasteiger partial charge is 0.233 e. The first-order valence-corrected chi connectivity index (χ1v) is 8.56. The Kier molecular flexibility index (Phi) is 5.64. The second-order valence-corrected chi connectivity index (χ2v) is 6.52. The highest BCUT2D eigenvalue weighted by Gasteiger charge is 2.12. The summed E-state index contributed by atoms with van der Waals surface area (Å²) in [6.45, 7) is 0. The number of nitriles is 1. The Morgan fingerprint density at radius 3 is 1.96 bits per heavy atom. The lowest BCUT2D eigenvalue weighted by Gasteiger charge is -2.11. The van der Waals surface area contributed by atoms with E-state index in [1.165, 1.54) is 12.1 Å². The van der Waals surface area contributed by atoms with Gasteiger partial charge in [0.15, 0.2) is 0 Å². The van der Waals surface area contributed by atoms with E-state index in [2.05, 4.69) is 25.6 Å². The van der Waals surface area contributed by atoms with Crippen molar-refractivity contribution >= 4 is 69.7 Å². The summed E-state index contributed by atoms with van der Waals surface area (Å²) in [6.07, 6.45) is 0. The van der Waals surface area contributed by atoms with Gasteiger partial charge in [-0.3, -0.25) is 0 Å². The van der Waals surface area contributed by atoms with E-state index in [4.69, 9.17) is 51.7 Å². The van der Waals surface area contributed by atoms with Crippen molar-refractivity contribution in [3.63, 3.8) is 0 Å². The van der Waals surface area contributed by atoms with Crippen LogP contribution >= 0.6 is 46.4 Å². The molecule has 0 saturated carbocycles. The standard InChI is InChI=1S/C16H8Cl4N6/c17-9-5-11(18)13(12(19)6-9)23-16-25-14(20)24-15(26-16)22-10-3-1-8(7-21)2-4-10/h1-6H,(H2,22,23,24,25,26). The lowest BCUT2D eigenvalue weighted by molar-refractivity contribution is 1.06. The molecule has 130 valence electrons. The Morgan fingerprint density at radius 1 is 0.808 bits per heavy atom. The van der Waals surface area contributed by atoms with Crippen molar-refractivity contribution in [3.05, 3.63) is 62.3 Å². The monoisotopic (exact) mass is 424 g/mol. The van der Waals surface area contributed by atoms with Gasteiger partial charge in [-0.25, -0.2) is 0 Å². The van der Waals surface area contributed by atoms with Crippen LogP contribution in [-0.2, 0) is 0 Å². The number of hydrogen-bond acceptors (Lipinski definition) is 6. The lowest BCUT2D eigenvalue weighted by Crippen LogP contribution is -2.04. The zero-order chi connectivity index (χ0) is 18.7. The number of nitrogens with zero attached hydrogens (tertiary/aromatic N) is 4. The van der Waals surface area contributed by atoms with E-state index in [9.17, 15) is 0 Å². The quantitative estimate of drug-likeness (QED) is 0.545. The fourth-order valence-electron chi connectivity index (χ4n) is 1.99. The summed E-state index contributed by atoms with van der Waals surface area (Å²) >= 11 is 24.2. The minimum Gasteiger partial charge on any atom is -0.324 e. The minimum atomic E-state index is -0.0279. The Bertz CT molecular complexity index is 978. The molecule has 1 heterocycles. The zero-order valence-corrected chi connectivity index (χ0v) is 15.8. The van der Waals surface area contributed by atoms with Crippen LogP contribution in [-0.4, -0.2) is 15.0 Å². The third-order valence-corrected chi connectivity index (χ3v) is 4.11. The van der Waals surface area contributed by atoms with Gasteiger partial charge < -0.3 is 10.6 Å². The molecule has 0 spiro atoms. The van der Waals surface area contributed by atoms with Crippen LogP contribution in [0.25, 0.3) is 0 Å². The van der Waals surface area contributed by atoms with Gasteiger partial charge in [0.1, 0.15) is 0 Å². The van der Waals surface area contributed by atoms with Crippen LogP contribution in [0.2, 0.25) is 20.4 Å². The van der Waals surface area contributed by atoms with Crippen molar-refractivity contribution in [2.75, 3.05) is 10.6 Å². The fourth-order valence-corrected chi connectivity index (χ4v) is 3.06. The number of anilines is 4. The van der Waals surface area contributed by atoms with Crippen LogP contribution in [0, 0.1) is 11.3 Å². The lowest BCUT2D eigenvalue weighted by atomic mass is 10.2. The summed E-state index contributed by atoms with van der Waals surface area (Å²) < 4.78 is 0. The van der Waals surface area contributed by atoms with Crippen molar-refractivity contribution < 1.29 is 0 Å². The van der Waals surface area contributed by atoms with E-state index in [1.54, 1.807) is 24.3 Å². The molecule has 0 radical (unpaired) electrons. The molecule has 26 heavy (non-hydrogen) atoms. The number of halogens is 4. The van der Waals surface area contributed by atoms with Gasteiger partial charge in [0.2, 0.25) is 17.2 Å². The SMILES string of the molecule is N#Cc1ccc(Nc2nc(Cl)nc(Nc3c(Cl)cc(Cl)cc3Cl)n2)cc1. The average molecular weight is 426 g/mol. The van der Waals surface area contributed by atoms with Crippen molar-refractivity contribution in [2.24, 2.45) is 0 Å². The molecule has 3 rings (SSSR count). The van der Waals surface area contributed by atoms with E-state index < -0.39 is 0 Å². The van der Waals surface area contributed by atoms with Crippen molar-refractivity contribution in [1.82, 2.24) is 15.0 Å². The van der Waals surface area contributed by atoms with Gasteiger partial charge in [0, 0.05) is 10.7 Å². The van der Waals surface area contributed by atoms with Crippen molar-refractivity contribution in [2.45, 2.75) is 0 Å². The summed E-state index contributed by atoms with van der Waals surface area (Å²) in [5.74, 6) is 0.352. The normalized spacial score (nSPS) is 10.3. The second-order valence-electron chi connectivity index (χ2n) is 4.94. The third kappa shape index (κ3) is 4.45. The van der Waals surface area contributed by atoms with E-state index in [1.807, 2.05) is 6.07 Å². The molecule has 0 aliphatic carbocycles. The molecule has 0 amide bonds. The number of nitrogens with one attached hydrogen (secondary N) is 2.